The highest BCUT2D eigenvalue weighted by molar-refractivity contribution is 5.48. The van der Waals surface area contributed by atoms with E-state index in [0.717, 1.165) is 24.9 Å². The van der Waals surface area contributed by atoms with Crippen molar-refractivity contribution in [3.63, 3.8) is 0 Å². The van der Waals surface area contributed by atoms with E-state index in [4.69, 9.17) is 10.5 Å². The van der Waals surface area contributed by atoms with Gasteiger partial charge in [0, 0.05) is 18.0 Å². The Hall–Kier alpha value is -2.30. The third-order valence-corrected chi connectivity index (χ3v) is 3.71. The molecule has 0 saturated heterocycles. The molecule has 0 aliphatic heterocycles. The van der Waals surface area contributed by atoms with Gasteiger partial charge in [0.15, 0.2) is 0 Å². The number of benzene rings is 1. The van der Waals surface area contributed by atoms with Crippen LogP contribution in [0.3, 0.4) is 0 Å². The van der Waals surface area contributed by atoms with E-state index in [-0.39, 0.29) is 6.04 Å². The van der Waals surface area contributed by atoms with Gasteiger partial charge in [0.2, 0.25) is 11.8 Å². The van der Waals surface area contributed by atoms with Crippen molar-refractivity contribution in [2.45, 2.75) is 32.2 Å². The number of rotatable bonds is 4. The highest BCUT2D eigenvalue weighted by Crippen LogP contribution is 2.33. The molecule has 0 radical (unpaired) electrons. The molecule has 21 heavy (non-hydrogen) atoms. The second kappa shape index (κ2) is 5.99. The molecular formula is C16H20N4O. The molecule has 3 rings (SSSR count). The van der Waals surface area contributed by atoms with Crippen LogP contribution >= 0.6 is 0 Å². The summed E-state index contributed by atoms with van der Waals surface area (Å²) in [4.78, 5) is 8.66. The molecular weight excluding hydrogens is 264 g/mol. The maximum atomic E-state index is 5.87. The van der Waals surface area contributed by atoms with Crippen LogP contribution in [0.25, 0.3) is 0 Å². The molecule has 110 valence electrons. The molecule has 1 atom stereocenters. The summed E-state index contributed by atoms with van der Waals surface area (Å²) in [5.74, 6) is 1.21. The van der Waals surface area contributed by atoms with Crippen LogP contribution in [0, 0.1) is 0 Å². The molecule has 0 spiro atoms. The third-order valence-electron chi connectivity index (χ3n) is 3.71. The third kappa shape index (κ3) is 3.07. The largest absolute Gasteiger partial charge is 0.478 e. The monoisotopic (exact) mass is 284 g/mol. The molecule has 5 heteroatoms. The van der Waals surface area contributed by atoms with Crippen LogP contribution in [-0.4, -0.2) is 16.6 Å². The second-order valence-corrected chi connectivity index (χ2v) is 5.20. The lowest BCUT2D eigenvalue weighted by Gasteiger charge is -2.26. The number of fused-ring (bicyclic) bond motifs is 1. The summed E-state index contributed by atoms with van der Waals surface area (Å²) in [6.07, 6.45) is 5.00. The molecule has 5 nitrogen and oxygen atoms in total. The number of anilines is 2. The van der Waals surface area contributed by atoms with Crippen molar-refractivity contribution in [3.05, 3.63) is 41.6 Å². The van der Waals surface area contributed by atoms with Gasteiger partial charge < -0.3 is 15.8 Å². The van der Waals surface area contributed by atoms with E-state index in [2.05, 4.69) is 27.4 Å². The molecule has 1 unspecified atom stereocenters. The number of nitrogen functional groups attached to an aromatic ring is 1. The Morgan fingerprint density at radius 2 is 2.29 bits per heavy atom. The standard InChI is InChI=1S/C16H20N4O/c1-2-21-15-8-9-18-16(20-15)19-14-5-3-4-11-10-12(17)6-7-13(11)14/h6-10,14H,2-5,17H2,1H3,(H,18,19,20). The van der Waals surface area contributed by atoms with Gasteiger partial charge in [0.05, 0.1) is 12.6 Å². The van der Waals surface area contributed by atoms with Crippen LogP contribution in [0.4, 0.5) is 11.6 Å². The van der Waals surface area contributed by atoms with Crippen molar-refractivity contribution >= 4 is 11.6 Å². The Morgan fingerprint density at radius 3 is 3.14 bits per heavy atom. The van der Waals surface area contributed by atoms with Crippen LogP contribution in [0.5, 0.6) is 5.88 Å². The van der Waals surface area contributed by atoms with E-state index in [1.807, 2.05) is 13.0 Å². The maximum absolute atomic E-state index is 5.87. The molecule has 3 N–H and O–H groups in total. The number of nitrogens with two attached hydrogens (primary N) is 1. The fraction of sp³-hybridized carbons (Fsp3) is 0.375. The molecule has 1 aliphatic rings. The fourth-order valence-corrected chi connectivity index (χ4v) is 2.78. The average Bonchev–Trinajstić information content (AvgIpc) is 2.48. The van der Waals surface area contributed by atoms with Gasteiger partial charge in [-0.15, -0.1) is 0 Å². The normalized spacial score (nSPS) is 17.1. The van der Waals surface area contributed by atoms with Gasteiger partial charge in [-0.25, -0.2) is 4.98 Å². The molecule has 1 aromatic heterocycles. The van der Waals surface area contributed by atoms with Crippen molar-refractivity contribution in [2.75, 3.05) is 17.7 Å². The minimum absolute atomic E-state index is 0.228. The Kier molecular flexibility index (Phi) is 3.90. The molecule has 1 heterocycles. The molecule has 0 fully saturated rings. The summed E-state index contributed by atoms with van der Waals surface area (Å²) >= 11 is 0. The van der Waals surface area contributed by atoms with E-state index in [1.165, 1.54) is 11.1 Å². The molecule has 0 bridgehead atoms. The molecule has 1 aliphatic carbocycles. The van der Waals surface area contributed by atoms with Crippen molar-refractivity contribution in [1.82, 2.24) is 9.97 Å². The van der Waals surface area contributed by atoms with Crippen LogP contribution in [0.15, 0.2) is 30.5 Å². The average molecular weight is 284 g/mol. The maximum Gasteiger partial charge on any atom is 0.226 e. The fourth-order valence-electron chi connectivity index (χ4n) is 2.78. The van der Waals surface area contributed by atoms with Gasteiger partial charge >= 0.3 is 0 Å². The predicted octanol–water partition coefficient (Wildman–Crippen LogP) is 2.95. The summed E-state index contributed by atoms with van der Waals surface area (Å²) in [5, 5.41) is 3.41. The summed E-state index contributed by atoms with van der Waals surface area (Å²) in [5.41, 5.74) is 9.31. The lowest BCUT2D eigenvalue weighted by atomic mass is 9.87. The van der Waals surface area contributed by atoms with Gasteiger partial charge in [0.25, 0.3) is 0 Å². The summed E-state index contributed by atoms with van der Waals surface area (Å²) in [6.45, 7) is 2.54. The summed E-state index contributed by atoms with van der Waals surface area (Å²) in [7, 11) is 0. The SMILES string of the molecule is CCOc1ccnc(NC2CCCc3cc(N)ccc32)n1. The highest BCUT2D eigenvalue weighted by atomic mass is 16.5. The Labute approximate surface area is 124 Å². The number of nitrogens with zero attached hydrogens (tertiary/aromatic N) is 2. The minimum Gasteiger partial charge on any atom is -0.478 e. The van der Waals surface area contributed by atoms with Gasteiger partial charge in [0.1, 0.15) is 0 Å². The van der Waals surface area contributed by atoms with E-state index in [9.17, 15) is 0 Å². The number of ether oxygens (including phenoxy) is 1. The van der Waals surface area contributed by atoms with E-state index < -0.39 is 0 Å². The van der Waals surface area contributed by atoms with Gasteiger partial charge in [-0.1, -0.05) is 6.07 Å². The molecule has 2 aromatic rings. The minimum atomic E-state index is 0.228. The smallest absolute Gasteiger partial charge is 0.226 e. The van der Waals surface area contributed by atoms with Crippen molar-refractivity contribution in [1.29, 1.82) is 0 Å². The van der Waals surface area contributed by atoms with Gasteiger partial charge in [-0.3, -0.25) is 0 Å². The molecule has 0 saturated carbocycles. The van der Waals surface area contributed by atoms with Crippen LogP contribution in [0.1, 0.15) is 36.9 Å². The van der Waals surface area contributed by atoms with Crippen molar-refractivity contribution in [2.24, 2.45) is 0 Å². The summed E-state index contributed by atoms with van der Waals surface area (Å²) < 4.78 is 5.41. The number of aryl methyl sites for hydroxylation is 1. The molecule has 1 aromatic carbocycles. The van der Waals surface area contributed by atoms with Crippen LogP contribution in [-0.2, 0) is 6.42 Å². The zero-order valence-corrected chi connectivity index (χ0v) is 12.2. The number of hydrogen-bond donors (Lipinski definition) is 2. The van der Waals surface area contributed by atoms with E-state index in [1.54, 1.807) is 12.3 Å². The van der Waals surface area contributed by atoms with Crippen LogP contribution < -0.4 is 15.8 Å². The first-order chi connectivity index (χ1) is 10.3. The zero-order chi connectivity index (χ0) is 14.7. The zero-order valence-electron chi connectivity index (χ0n) is 12.2. The van der Waals surface area contributed by atoms with Gasteiger partial charge in [-0.05, 0) is 49.4 Å². The van der Waals surface area contributed by atoms with E-state index in [0.29, 0.717) is 18.4 Å². The number of aromatic nitrogens is 2. The Bertz CT molecular complexity index is 629. The number of nitrogens with one attached hydrogen (secondary N) is 1. The highest BCUT2D eigenvalue weighted by Gasteiger charge is 2.21. The quantitative estimate of drug-likeness (QED) is 0.844. The lowest BCUT2D eigenvalue weighted by Crippen LogP contribution is -2.19. The summed E-state index contributed by atoms with van der Waals surface area (Å²) in [6, 6.07) is 8.13. The molecule has 0 amide bonds. The van der Waals surface area contributed by atoms with Crippen LogP contribution in [0.2, 0.25) is 0 Å². The number of hydrogen-bond acceptors (Lipinski definition) is 5. The van der Waals surface area contributed by atoms with Gasteiger partial charge in [-0.2, -0.15) is 4.98 Å². The Balaban J connectivity index is 1.81. The Morgan fingerprint density at radius 1 is 1.38 bits per heavy atom. The first-order valence-corrected chi connectivity index (χ1v) is 7.37. The predicted molar refractivity (Wildman–Crippen MR) is 83.4 cm³/mol. The van der Waals surface area contributed by atoms with E-state index >= 15 is 0 Å². The van der Waals surface area contributed by atoms with Crippen molar-refractivity contribution < 1.29 is 4.74 Å². The lowest BCUT2D eigenvalue weighted by molar-refractivity contribution is 0.326. The topological polar surface area (TPSA) is 73.1 Å². The first-order valence-electron chi connectivity index (χ1n) is 7.37. The second-order valence-electron chi connectivity index (χ2n) is 5.20. The van der Waals surface area contributed by atoms with Crippen molar-refractivity contribution in [3.8, 4) is 5.88 Å². The first kappa shape index (κ1) is 13.7.